The van der Waals surface area contributed by atoms with Gasteiger partial charge in [0.2, 0.25) is 0 Å². The van der Waals surface area contributed by atoms with Crippen LogP contribution < -0.4 is 10.1 Å². The Morgan fingerprint density at radius 2 is 1.86 bits per heavy atom. The lowest BCUT2D eigenvalue weighted by molar-refractivity contribution is 0.416. The number of nitrogens with one attached hydrogen (secondary N) is 1. The van der Waals surface area contributed by atoms with E-state index >= 15 is 0 Å². The highest BCUT2D eigenvalue weighted by Crippen LogP contribution is 2.40. The molecule has 5 nitrogen and oxygen atoms in total. The predicted octanol–water partition coefficient (Wildman–Crippen LogP) is 5.42. The molecule has 0 atom stereocenters. The zero-order chi connectivity index (χ0) is 20.7. The van der Waals surface area contributed by atoms with Crippen molar-refractivity contribution >= 4 is 11.5 Å². The molecule has 2 heterocycles. The normalized spacial score (nSPS) is 13.3. The van der Waals surface area contributed by atoms with Crippen molar-refractivity contribution in [1.29, 1.82) is 0 Å². The van der Waals surface area contributed by atoms with Gasteiger partial charge in [0.05, 0.1) is 18.4 Å². The first-order valence-electron chi connectivity index (χ1n) is 10.8. The Morgan fingerprint density at radius 1 is 1.10 bits per heavy atom. The van der Waals surface area contributed by atoms with Crippen LogP contribution in [0.3, 0.4) is 0 Å². The molecule has 0 spiro atoms. The van der Waals surface area contributed by atoms with Crippen molar-refractivity contribution < 1.29 is 4.74 Å². The molecular formula is C24H32N4O. The molecule has 4 rings (SSSR count). The standard InChI is InChI=1S/C24H32N4O/c1-7-17(8-2)25-23-18-10-9-11-19(18)26-24-22(16(5)27-28(23)24)21-15(4)12-14(3)13-20(21)29-6/h12-13,17,25H,7-11H2,1-6H3. The van der Waals surface area contributed by atoms with E-state index in [9.17, 15) is 0 Å². The lowest BCUT2D eigenvalue weighted by atomic mass is 9.97. The molecule has 29 heavy (non-hydrogen) atoms. The fraction of sp³-hybridized carbons (Fsp3) is 0.500. The van der Waals surface area contributed by atoms with Gasteiger partial charge in [0.1, 0.15) is 11.6 Å². The van der Waals surface area contributed by atoms with Gasteiger partial charge in [-0.25, -0.2) is 4.98 Å². The summed E-state index contributed by atoms with van der Waals surface area (Å²) in [5, 5.41) is 8.76. The van der Waals surface area contributed by atoms with Gasteiger partial charge >= 0.3 is 0 Å². The number of aryl methyl sites for hydroxylation is 4. The van der Waals surface area contributed by atoms with Gasteiger partial charge in [0, 0.05) is 22.9 Å². The van der Waals surface area contributed by atoms with Crippen molar-refractivity contribution in [1.82, 2.24) is 14.6 Å². The first-order chi connectivity index (χ1) is 14.0. The summed E-state index contributed by atoms with van der Waals surface area (Å²) in [6, 6.07) is 4.74. The van der Waals surface area contributed by atoms with Crippen LogP contribution in [0, 0.1) is 20.8 Å². The van der Waals surface area contributed by atoms with Crippen molar-refractivity contribution in [2.75, 3.05) is 12.4 Å². The zero-order valence-electron chi connectivity index (χ0n) is 18.5. The minimum absolute atomic E-state index is 0.439. The Kier molecular flexibility index (Phi) is 5.24. The van der Waals surface area contributed by atoms with Gasteiger partial charge in [-0.15, -0.1) is 0 Å². The maximum atomic E-state index is 5.78. The fourth-order valence-electron chi connectivity index (χ4n) is 4.67. The van der Waals surface area contributed by atoms with Crippen LogP contribution in [0.1, 0.15) is 61.2 Å². The number of fused-ring (bicyclic) bond motifs is 2. The summed E-state index contributed by atoms with van der Waals surface area (Å²) >= 11 is 0. The highest BCUT2D eigenvalue weighted by molar-refractivity contribution is 5.87. The molecule has 2 aromatic heterocycles. The van der Waals surface area contributed by atoms with Crippen LogP contribution in [0.5, 0.6) is 5.75 Å². The van der Waals surface area contributed by atoms with Crippen LogP contribution in [-0.2, 0) is 12.8 Å². The molecule has 154 valence electrons. The van der Waals surface area contributed by atoms with E-state index in [4.69, 9.17) is 14.8 Å². The average molecular weight is 393 g/mol. The average Bonchev–Trinajstić information content (AvgIpc) is 3.29. The molecular weight excluding hydrogens is 360 g/mol. The number of methoxy groups -OCH3 is 1. The summed E-state index contributed by atoms with van der Waals surface area (Å²) in [5.74, 6) is 2.02. The van der Waals surface area contributed by atoms with Gasteiger partial charge < -0.3 is 10.1 Å². The highest BCUT2D eigenvalue weighted by Gasteiger charge is 2.26. The number of ether oxygens (including phenoxy) is 1. The van der Waals surface area contributed by atoms with Crippen molar-refractivity contribution in [3.63, 3.8) is 0 Å². The second kappa shape index (κ2) is 7.69. The SMILES string of the molecule is CCC(CC)Nc1c2c(nc3c(-c4c(C)cc(C)cc4OC)c(C)nn13)CCC2. The van der Waals surface area contributed by atoms with E-state index in [1.54, 1.807) is 7.11 Å². The monoisotopic (exact) mass is 392 g/mol. The molecule has 1 aliphatic carbocycles. The summed E-state index contributed by atoms with van der Waals surface area (Å²) in [6.45, 7) is 10.8. The molecule has 0 amide bonds. The number of nitrogens with zero attached hydrogens (tertiary/aromatic N) is 3. The highest BCUT2D eigenvalue weighted by atomic mass is 16.5. The van der Waals surface area contributed by atoms with Crippen LogP contribution in [0.15, 0.2) is 12.1 Å². The van der Waals surface area contributed by atoms with Crippen LogP contribution in [0.4, 0.5) is 5.82 Å². The van der Waals surface area contributed by atoms with Gasteiger partial charge in [-0.05, 0) is 70.1 Å². The maximum absolute atomic E-state index is 5.78. The lowest BCUT2D eigenvalue weighted by Crippen LogP contribution is -2.21. The lowest BCUT2D eigenvalue weighted by Gasteiger charge is -2.20. The van der Waals surface area contributed by atoms with E-state index in [0.29, 0.717) is 6.04 Å². The summed E-state index contributed by atoms with van der Waals surface area (Å²) in [5.41, 5.74) is 9.05. The second-order valence-corrected chi connectivity index (χ2v) is 8.25. The van der Waals surface area contributed by atoms with E-state index in [-0.39, 0.29) is 0 Å². The molecule has 1 aliphatic rings. The molecule has 0 saturated heterocycles. The molecule has 1 N–H and O–H groups in total. The molecule has 1 aromatic carbocycles. The Balaban J connectivity index is 2.01. The zero-order valence-corrected chi connectivity index (χ0v) is 18.5. The quantitative estimate of drug-likeness (QED) is 0.609. The first-order valence-corrected chi connectivity index (χ1v) is 10.8. The molecule has 5 heteroatoms. The number of hydrogen-bond donors (Lipinski definition) is 1. The van der Waals surface area contributed by atoms with Gasteiger partial charge in [0.25, 0.3) is 0 Å². The van der Waals surface area contributed by atoms with Crippen molar-refractivity contribution in [2.24, 2.45) is 0 Å². The van der Waals surface area contributed by atoms with Crippen molar-refractivity contribution in [2.45, 2.75) is 72.8 Å². The molecule has 0 bridgehead atoms. The van der Waals surface area contributed by atoms with Crippen LogP contribution >= 0.6 is 0 Å². The molecule has 0 radical (unpaired) electrons. The van der Waals surface area contributed by atoms with Gasteiger partial charge in [0.15, 0.2) is 5.65 Å². The Hall–Kier alpha value is -2.56. The minimum Gasteiger partial charge on any atom is -0.496 e. The van der Waals surface area contributed by atoms with Gasteiger partial charge in [-0.1, -0.05) is 19.9 Å². The molecule has 0 aliphatic heterocycles. The Bertz CT molecular complexity index is 1060. The predicted molar refractivity (Wildman–Crippen MR) is 119 cm³/mol. The minimum atomic E-state index is 0.439. The number of benzene rings is 1. The largest absolute Gasteiger partial charge is 0.496 e. The summed E-state index contributed by atoms with van der Waals surface area (Å²) in [7, 11) is 1.74. The number of aromatic nitrogens is 3. The first kappa shape index (κ1) is 19.7. The van der Waals surface area contributed by atoms with Gasteiger partial charge in [-0.3, -0.25) is 0 Å². The third kappa shape index (κ3) is 3.26. The van der Waals surface area contributed by atoms with E-state index in [2.05, 4.69) is 52.1 Å². The Morgan fingerprint density at radius 3 is 2.55 bits per heavy atom. The molecule has 0 fully saturated rings. The number of rotatable bonds is 6. The van der Waals surface area contributed by atoms with Crippen molar-refractivity contribution in [3.8, 4) is 16.9 Å². The van der Waals surface area contributed by atoms with E-state index < -0.39 is 0 Å². The molecule has 3 aromatic rings. The van der Waals surface area contributed by atoms with Crippen LogP contribution in [-0.4, -0.2) is 27.7 Å². The fourth-order valence-corrected chi connectivity index (χ4v) is 4.67. The van der Waals surface area contributed by atoms with E-state index in [1.807, 2.05) is 4.52 Å². The van der Waals surface area contributed by atoms with Crippen LogP contribution in [0.25, 0.3) is 16.8 Å². The topological polar surface area (TPSA) is 51.5 Å². The Labute approximate surface area is 173 Å². The summed E-state index contributed by atoms with van der Waals surface area (Å²) < 4.78 is 7.82. The maximum Gasteiger partial charge on any atom is 0.165 e. The number of hydrogen-bond acceptors (Lipinski definition) is 4. The van der Waals surface area contributed by atoms with Crippen molar-refractivity contribution in [3.05, 3.63) is 40.2 Å². The van der Waals surface area contributed by atoms with Gasteiger partial charge in [-0.2, -0.15) is 9.61 Å². The number of anilines is 1. The molecule has 0 saturated carbocycles. The molecule has 0 unspecified atom stereocenters. The second-order valence-electron chi connectivity index (χ2n) is 8.25. The van der Waals surface area contributed by atoms with E-state index in [1.165, 1.54) is 22.4 Å². The summed E-state index contributed by atoms with van der Waals surface area (Å²) in [4.78, 5) is 5.12. The third-order valence-electron chi connectivity index (χ3n) is 6.20. The summed E-state index contributed by atoms with van der Waals surface area (Å²) in [6.07, 6.45) is 5.45. The smallest absolute Gasteiger partial charge is 0.165 e. The third-order valence-corrected chi connectivity index (χ3v) is 6.20. The van der Waals surface area contributed by atoms with Crippen LogP contribution in [0.2, 0.25) is 0 Å². The van der Waals surface area contributed by atoms with E-state index in [0.717, 1.165) is 66.1 Å².